The molecule has 2 aromatic rings. The Labute approximate surface area is 177 Å². The van der Waals surface area contributed by atoms with Crippen LogP contribution < -0.4 is 11.1 Å². The van der Waals surface area contributed by atoms with E-state index in [2.05, 4.69) is 17.3 Å². The molecule has 1 aliphatic rings. The van der Waals surface area contributed by atoms with Gasteiger partial charge in [-0.25, -0.2) is 0 Å². The number of rotatable bonds is 4. The van der Waals surface area contributed by atoms with Gasteiger partial charge in [0.05, 0.1) is 6.42 Å². The Hall–Kier alpha value is -2.28. The lowest BCUT2D eigenvalue weighted by atomic mass is 10.1. The summed E-state index contributed by atoms with van der Waals surface area (Å²) in [5.74, 6) is -0.0641. The third-order valence-corrected chi connectivity index (χ3v) is 4.55. The van der Waals surface area contributed by atoms with E-state index in [4.69, 9.17) is 5.73 Å². The van der Waals surface area contributed by atoms with Crippen LogP contribution in [-0.2, 0) is 11.2 Å². The average Bonchev–Trinajstić information content (AvgIpc) is 2.64. The van der Waals surface area contributed by atoms with Crippen molar-refractivity contribution >= 4 is 48.0 Å². The number of likely N-dealkylation sites (N-methyl/N-ethyl adjacent to an activating group) is 1. The Balaban J connectivity index is 0.00000196. The van der Waals surface area contributed by atoms with E-state index in [1.165, 1.54) is 0 Å². The number of nitrogens with one attached hydrogen (secondary N) is 1. The van der Waals surface area contributed by atoms with Gasteiger partial charge < -0.3 is 20.9 Å². The van der Waals surface area contributed by atoms with E-state index in [1.54, 1.807) is 36.4 Å². The molecule has 0 atom stereocenters. The van der Waals surface area contributed by atoms with Crippen LogP contribution in [0.5, 0.6) is 0 Å². The van der Waals surface area contributed by atoms with Crippen LogP contribution in [-0.4, -0.2) is 54.8 Å². The Kier molecular flexibility index (Phi) is 9.25. The summed E-state index contributed by atoms with van der Waals surface area (Å²) in [6.07, 6.45) is 0.280. The fraction of sp³-hybridized carbons (Fsp3) is 0.300. The van der Waals surface area contributed by atoms with Crippen molar-refractivity contribution in [3.63, 3.8) is 0 Å². The Morgan fingerprint density at radius 1 is 0.929 bits per heavy atom. The normalized spacial score (nSPS) is 13.8. The SMILES string of the molecule is CN1CCN(C(=O)c2ccc(NC(=O)Cc3ccc(N)cc3)cc2)CC1.Cl.Cl. The van der Waals surface area contributed by atoms with Gasteiger partial charge in [0.25, 0.3) is 5.91 Å². The van der Waals surface area contributed by atoms with Crippen LogP contribution in [0.15, 0.2) is 48.5 Å². The third kappa shape index (κ3) is 6.41. The van der Waals surface area contributed by atoms with E-state index in [1.807, 2.05) is 17.0 Å². The molecule has 1 saturated heterocycles. The first-order valence-corrected chi connectivity index (χ1v) is 8.73. The van der Waals surface area contributed by atoms with Crippen molar-refractivity contribution < 1.29 is 9.59 Å². The minimum atomic E-state index is -0.104. The van der Waals surface area contributed by atoms with Gasteiger partial charge in [-0.15, -0.1) is 24.8 Å². The Morgan fingerprint density at radius 2 is 1.50 bits per heavy atom. The summed E-state index contributed by atoms with van der Waals surface area (Å²) in [7, 11) is 2.06. The van der Waals surface area contributed by atoms with Gasteiger partial charge in [0.1, 0.15) is 0 Å². The number of benzene rings is 2. The van der Waals surface area contributed by atoms with Crippen LogP contribution in [0.1, 0.15) is 15.9 Å². The average molecular weight is 425 g/mol. The molecule has 3 N–H and O–H groups in total. The fourth-order valence-corrected chi connectivity index (χ4v) is 2.91. The van der Waals surface area contributed by atoms with Crippen LogP contribution in [0, 0.1) is 0 Å². The summed E-state index contributed by atoms with van der Waals surface area (Å²) in [6.45, 7) is 3.28. The molecule has 8 heteroatoms. The van der Waals surface area contributed by atoms with Crippen molar-refractivity contribution in [1.82, 2.24) is 9.80 Å². The predicted molar refractivity (Wildman–Crippen MR) is 118 cm³/mol. The van der Waals surface area contributed by atoms with Crippen molar-refractivity contribution in [2.24, 2.45) is 0 Å². The smallest absolute Gasteiger partial charge is 0.253 e. The number of nitrogens with zero attached hydrogens (tertiary/aromatic N) is 2. The molecule has 2 amide bonds. The maximum absolute atomic E-state index is 12.5. The number of hydrogen-bond donors (Lipinski definition) is 2. The maximum atomic E-state index is 12.5. The lowest BCUT2D eigenvalue weighted by molar-refractivity contribution is -0.115. The highest BCUT2D eigenvalue weighted by Crippen LogP contribution is 2.14. The highest BCUT2D eigenvalue weighted by atomic mass is 35.5. The molecule has 0 aromatic heterocycles. The second-order valence-corrected chi connectivity index (χ2v) is 6.64. The molecule has 152 valence electrons. The number of piperazine rings is 1. The highest BCUT2D eigenvalue weighted by Gasteiger charge is 2.20. The van der Waals surface area contributed by atoms with Gasteiger partial charge in [0.15, 0.2) is 0 Å². The molecule has 0 bridgehead atoms. The molecule has 1 fully saturated rings. The number of hydrogen-bond acceptors (Lipinski definition) is 4. The zero-order valence-electron chi connectivity index (χ0n) is 15.8. The minimum absolute atomic E-state index is 0. The molecule has 0 spiro atoms. The van der Waals surface area contributed by atoms with Gasteiger partial charge in [-0.3, -0.25) is 9.59 Å². The highest BCUT2D eigenvalue weighted by molar-refractivity contribution is 5.96. The molecule has 6 nitrogen and oxygen atoms in total. The summed E-state index contributed by atoms with van der Waals surface area (Å²) in [5.41, 5.74) is 8.55. The summed E-state index contributed by atoms with van der Waals surface area (Å²) in [5, 5.41) is 2.85. The molecule has 2 aromatic carbocycles. The zero-order chi connectivity index (χ0) is 18.5. The lowest BCUT2D eigenvalue weighted by Crippen LogP contribution is -2.47. The van der Waals surface area contributed by atoms with E-state index in [0.29, 0.717) is 16.9 Å². The molecule has 0 unspecified atom stereocenters. The van der Waals surface area contributed by atoms with Crippen molar-refractivity contribution in [3.8, 4) is 0 Å². The third-order valence-electron chi connectivity index (χ3n) is 4.55. The molecule has 1 heterocycles. The quantitative estimate of drug-likeness (QED) is 0.739. The molecule has 0 aliphatic carbocycles. The van der Waals surface area contributed by atoms with E-state index >= 15 is 0 Å². The van der Waals surface area contributed by atoms with Crippen molar-refractivity contribution in [1.29, 1.82) is 0 Å². The summed E-state index contributed by atoms with van der Waals surface area (Å²) in [4.78, 5) is 28.7. The van der Waals surface area contributed by atoms with Crippen molar-refractivity contribution in [2.45, 2.75) is 6.42 Å². The van der Waals surface area contributed by atoms with Crippen LogP contribution in [0.2, 0.25) is 0 Å². The molecule has 0 saturated carbocycles. The van der Waals surface area contributed by atoms with Gasteiger partial charge in [0, 0.05) is 43.1 Å². The van der Waals surface area contributed by atoms with Crippen LogP contribution in [0.3, 0.4) is 0 Å². The first kappa shape index (κ1) is 23.8. The molecule has 28 heavy (non-hydrogen) atoms. The van der Waals surface area contributed by atoms with Gasteiger partial charge in [-0.1, -0.05) is 12.1 Å². The number of nitrogens with two attached hydrogens (primary N) is 1. The molecule has 3 rings (SSSR count). The van der Waals surface area contributed by atoms with E-state index in [0.717, 1.165) is 31.7 Å². The number of anilines is 2. The Bertz CT molecular complexity index is 774. The van der Waals surface area contributed by atoms with Crippen molar-refractivity contribution in [3.05, 3.63) is 59.7 Å². The largest absolute Gasteiger partial charge is 0.399 e. The van der Waals surface area contributed by atoms with Crippen molar-refractivity contribution in [2.75, 3.05) is 44.3 Å². The summed E-state index contributed by atoms with van der Waals surface area (Å²) in [6, 6.07) is 14.3. The molecule has 1 aliphatic heterocycles. The predicted octanol–water partition coefficient (Wildman–Crippen LogP) is 2.68. The molecule has 0 radical (unpaired) electrons. The second kappa shape index (κ2) is 10.9. The topological polar surface area (TPSA) is 78.7 Å². The van der Waals surface area contributed by atoms with E-state index in [9.17, 15) is 9.59 Å². The number of carbonyl (C=O) groups is 2. The van der Waals surface area contributed by atoms with Crippen LogP contribution in [0.25, 0.3) is 0 Å². The van der Waals surface area contributed by atoms with Crippen LogP contribution >= 0.6 is 24.8 Å². The van der Waals surface area contributed by atoms with E-state index < -0.39 is 0 Å². The molecular formula is C20H26Cl2N4O2. The van der Waals surface area contributed by atoms with Gasteiger partial charge in [-0.05, 0) is 49.0 Å². The second-order valence-electron chi connectivity index (χ2n) is 6.64. The standard InChI is InChI=1S/C20H24N4O2.2ClH/c1-23-10-12-24(13-11-23)20(26)16-4-8-18(9-5-16)22-19(25)14-15-2-6-17(21)7-3-15;;/h2-9H,10-14,21H2,1H3,(H,22,25);2*1H. The number of nitrogen functional groups attached to an aromatic ring is 1. The Morgan fingerprint density at radius 3 is 2.07 bits per heavy atom. The minimum Gasteiger partial charge on any atom is -0.399 e. The number of carbonyl (C=O) groups excluding carboxylic acids is 2. The number of amides is 2. The fourth-order valence-electron chi connectivity index (χ4n) is 2.91. The number of halogens is 2. The summed E-state index contributed by atoms with van der Waals surface area (Å²) < 4.78 is 0. The summed E-state index contributed by atoms with van der Waals surface area (Å²) >= 11 is 0. The monoisotopic (exact) mass is 424 g/mol. The van der Waals surface area contributed by atoms with Gasteiger partial charge in [0.2, 0.25) is 5.91 Å². The van der Waals surface area contributed by atoms with Gasteiger partial charge >= 0.3 is 0 Å². The van der Waals surface area contributed by atoms with Gasteiger partial charge in [-0.2, -0.15) is 0 Å². The maximum Gasteiger partial charge on any atom is 0.253 e. The van der Waals surface area contributed by atoms with Crippen LogP contribution in [0.4, 0.5) is 11.4 Å². The first-order valence-electron chi connectivity index (χ1n) is 8.73. The lowest BCUT2D eigenvalue weighted by Gasteiger charge is -2.32. The molecular weight excluding hydrogens is 399 g/mol. The van der Waals surface area contributed by atoms with E-state index in [-0.39, 0.29) is 43.0 Å². The first-order chi connectivity index (χ1) is 12.5. The zero-order valence-corrected chi connectivity index (χ0v) is 17.4.